The Kier molecular flexibility index (Phi) is 7.08. The van der Waals surface area contributed by atoms with Crippen LogP contribution >= 0.6 is 0 Å². The summed E-state index contributed by atoms with van der Waals surface area (Å²) in [4.78, 5) is 23.5. The highest BCUT2D eigenvalue weighted by Gasteiger charge is 2.07. The van der Waals surface area contributed by atoms with Gasteiger partial charge in [0.05, 0.1) is 6.54 Å². The summed E-state index contributed by atoms with van der Waals surface area (Å²) in [6.45, 7) is 3.22. The van der Waals surface area contributed by atoms with Crippen molar-refractivity contribution in [3.63, 3.8) is 0 Å². The van der Waals surface area contributed by atoms with Crippen LogP contribution in [0.2, 0.25) is 0 Å². The molecule has 0 spiro atoms. The molecule has 0 fully saturated rings. The van der Waals surface area contributed by atoms with Crippen molar-refractivity contribution in [1.29, 1.82) is 0 Å². The van der Waals surface area contributed by atoms with E-state index >= 15 is 0 Å². The van der Waals surface area contributed by atoms with Gasteiger partial charge in [0.1, 0.15) is 12.4 Å². The highest BCUT2D eigenvalue weighted by molar-refractivity contribution is 5.73. The van der Waals surface area contributed by atoms with Crippen LogP contribution in [0.3, 0.4) is 0 Å². The minimum atomic E-state index is -0.857. The molecule has 0 aliphatic heterocycles. The number of rotatable bonds is 8. The fourth-order valence-corrected chi connectivity index (χ4v) is 1.61. The SMILES string of the molecule is Cc1ccc(OCCN(C)C(=O)NCCCC(=O)O)cc1. The number of aliphatic carboxylic acids is 1. The molecular formula is C15H22N2O4. The molecule has 0 aliphatic carbocycles. The van der Waals surface area contributed by atoms with Crippen LogP contribution in [0.25, 0.3) is 0 Å². The summed E-state index contributed by atoms with van der Waals surface area (Å²) in [5.74, 6) is -0.0834. The van der Waals surface area contributed by atoms with Gasteiger partial charge >= 0.3 is 12.0 Å². The Balaban J connectivity index is 2.17. The molecule has 0 saturated heterocycles. The van der Waals surface area contributed by atoms with E-state index in [-0.39, 0.29) is 12.5 Å². The summed E-state index contributed by atoms with van der Waals surface area (Å²) in [7, 11) is 1.67. The Morgan fingerprint density at radius 1 is 1.29 bits per heavy atom. The summed E-state index contributed by atoms with van der Waals surface area (Å²) >= 11 is 0. The van der Waals surface area contributed by atoms with Gasteiger partial charge in [0.25, 0.3) is 0 Å². The Labute approximate surface area is 124 Å². The second kappa shape index (κ2) is 8.84. The van der Waals surface area contributed by atoms with Crippen LogP contribution in [0.1, 0.15) is 18.4 Å². The molecule has 1 rings (SSSR count). The van der Waals surface area contributed by atoms with E-state index in [9.17, 15) is 9.59 Å². The van der Waals surface area contributed by atoms with E-state index in [1.54, 1.807) is 7.05 Å². The van der Waals surface area contributed by atoms with Gasteiger partial charge in [-0.1, -0.05) is 17.7 Å². The van der Waals surface area contributed by atoms with E-state index < -0.39 is 5.97 Å². The Morgan fingerprint density at radius 3 is 2.57 bits per heavy atom. The molecule has 116 valence electrons. The molecule has 0 aliphatic rings. The first kappa shape index (κ1) is 16.8. The van der Waals surface area contributed by atoms with Crippen molar-refractivity contribution < 1.29 is 19.4 Å². The van der Waals surface area contributed by atoms with E-state index in [0.717, 1.165) is 5.75 Å². The predicted octanol–water partition coefficient (Wildman–Crippen LogP) is 1.88. The third-order valence-corrected chi connectivity index (χ3v) is 2.91. The normalized spacial score (nSPS) is 10.0. The molecule has 21 heavy (non-hydrogen) atoms. The second-order valence-electron chi connectivity index (χ2n) is 4.81. The van der Waals surface area contributed by atoms with Crippen molar-refractivity contribution in [3.8, 4) is 5.75 Å². The Bertz CT molecular complexity index is 459. The maximum Gasteiger partial charge on any atom is 0.317 e. The average Bonchev–Trinajstić information content (AvgIpc) is 2.45. The monoisotopic (exact) mass is 294 g/mol. The van der Waals surface area contributed by atoms with Gasteiger partial charge in [-0.05, 0) is 25.5 Å². The Morgan fingerprint density at radius 2 is 1.95 bits per heavy atom. The molecule has 0 bridgehead atoms. The number of aryl methyl sites for hydroxylation is 1. The van der Waals surface area contributed by atoms with Crippen LogP contribution in [0, 0.1) is 6.92 Å². The van der Waals surface area contributed by atoms with Crippen molar-refractivity contribution in [2.75, 3.05) is 26.7 Å². The summed E-state index contributed by atoms with van der Waals surface area (Å²) in [5.41, 5.74) is 1.17. The fraction of sp³-hybridized carbons (Fsp3) is 0.467. The van der Waals surface area contributed by atoms with Crippen molar-refractivity contribution >= 4 is 12.0 Å². The lowest BCUT2D eigenvalue weighted by atomic mass is 10.2. The molecule has 1 aromatic carbocycles. The second-order valence-corrected chi connectivity index (χ2v) is 4.81. The first-order valence-corrected chi connectivity index (χ1v) is 6.89. The van der Waals surface area contributed by atoms with E-state index in [0.29, 0.717) is 26.1 Å². The van der Waals surface area contributed by atoms with Crippen LogP contribution < -0.4 is 10.1 Å². The molecule has 6 heteroatoms. The zero-order valence-electron chi connectivity index (χ0n) is 12.5. The number of nitrogens with zero attached hydrogens (tertiary/aromatic N) is 1. The van der Waals surface area contributed by atoms with Crippen LogP contribution in [0.15, 0.2) is 24.3 Å². The lowest BCUT2D eigenvalue weighted by molar-refractivity contribution is -0.137. The van der Waals surface area contributed by atoms with E-state index in [1.165, 1.54) is 10.5 Å². The number of amides is 2. The molecule has 1 aromatic rings. The number of urea groups is 1. The summed E-state index contributed by atoms with van der Waals surface area (Å²) in [5, 5.41) is 11.2. The van der Waals surface area contributed by atoms with E-state index in [1.807, 2.05) is 31.2 Å². The minimum absolute atomic E-state index is 0.0561. The smallest absolute Gasteiger partial charge is 0.317 e. The standard InChI is InChI=1S/C15H22N2O4/c1-12-5-7-13(8-6-12)21-11-10-17(2)15(20)16-9-3-4-14(18)19/h5-8H,3-4,9-11H2,1-2H3,(H,16,20)(H,18,19). The number of carbonyl (C=O) groups is 2. The van der Waals surface area contributed by atoms with Crippen molar-refractivity contribution in [2.45, 2.75) is 19.8 Å². The number of carboxylic acids is 1. The molecule has 0 radical (unpaired) electrons. The number of likely N-dealkylation sites (N-methyl/N-ethyl adjacent to an activating group) is 1. The van der Waals surface area contributed by atoms with Crippen LogP contribution in [-0.2, 0) is 4.79 Å². The van der Waals surface area contributed by atoms with Crippen molar-refractivity contribution in [2.24, 2.45) is 0 Å². The molecule has 0 unspecified atom stereocenters. The largest absolute Gasteiger partial charge is 0.492 e. The first-order valence-electron chi connectivity index (χ1n) is 6.89. The number of carboxylic acid groups (broad SMARTS) is 1. The van der Waals surface area contributed by atoms with Gasteiger partial charge in [-0.2, -0.15) is 0 Å². The minimum Gasteiger partial charge on any atom is -0.492 e. The fourth-order valence-electron chi connectivity index (χ4n) is 1.61. The quantitative estimate of drug-likeness (QED) is 0.718. The Hall–Kier alpha value is -2.24. The highest BCUT2D eigenvalue weighted by Crippen LogP contribution is 2.10. The van der Waals surface area contributed by atoms with Crippen molar-refractivity contribution in [1.82, 2.24) is 10.2 Å². The number of carbonyl (C=O) groups excluding carboxylic acids is 1. The molecule has 0 saturated carbocycles. The third-order valence-electron chi connectivity index (χ3n) is 2.91. The number of ether oxygens (including phenoxy) is 1. The highest BCUT2D eigenvalue weighted by atomic mass is 16.5. The van der Waals surface area contributed by atoms with Gasteiger partial charge < -0.3 is 20.1 Å². The maximum atomic E-state index is 11.7. The molecule has 0 atom stereocenters. The predicted molar refractivity (Wildman–Crippen MR) is 79.6 cm³/mol. The van der Waals surface area contributed by atoms with Crippen LogP contribution in [0.5, 0.6) is 5.75 Å². The van der Waals surface area contributed by atoms with Crippen molar-refractivity contribution in [3.05, 3.63) is 29.8 Å². The van der Waals surface area contributed by atoms with Crippen LogP contribution in [0.4, 0.5) is 4.79 Å². The number of benzene rings is 1. The van der Waals surface area contributed by atoms with Gasteiger partial charge in [0.15, 0.2) is 0 Å². The lowest BCUT2D eigenvalue weighted by Gasteiger charge is -2.18. The summed E-state index contributed by atoms with van der Waals surface area (Å²) < 4.78 is 5.54. The van der Waals surface area contributed by atoms with Crippen LogP contribution in [-0.4, -0.2) is 48.8 Å². The summed E-state index contributed by atoms with van der Waals surface area (Å²) in [6.07, 6.45) is 0.481. The van der Waals surface area contributed by atoms with Gasteiger partial charge in [-0.3, -0.25) is 4.79 Å². The molecule has 6 nitrogen and oxygen atoms in total. The zero-order valence-corrected chi connectivity index (χ0v) is 12.5. The maximum absolute atomic E-state index is 11.7. The third kappa shape index (κ3) is 7.20. The van der Waals surface area contributed by atoms with Gasteiger partial charge in [0, 0.05) is 20.0 Å². The zero-order chi connectivity index (χ0) is 15.7. The van der Waals surface area contributed by atoms with E-state index in [4.69, 9.17) is 9.84 Å². The topological polar surface area (TPSA) is 78.9 Å². The molecule has 0 aromatic heterocycles. The van der Waals surface area contributed by atoms with Gasteiger partial charge in [0.2, 0.25) is 0 Å². The van der Waals surface area contributed by atoms with Gasteiger partial charge in [-0.15, -0.1) is 0 Å². The van der Waals surface area contributed by atoms with E-state index in [2.05, 4.69) is 5.32 Å². The number of nitrogens with one attached hydrogen (secondary N) is 1. The first-order chi connectivity index (χ1) is 9.99. The number of hydrogen-bond acceptors (Lipinski definition) is 3. The molecule has 2 N–H and O–H groups in total. The molecular weight excluding hydrogens is 272 g/mol. The number of hydrogen-bond donors (Lipinski definition) is 2. The molecule has 2 amide bonds. The lowest BCUT2D eigenvalue weighted by Crippen LogP contribution is -2.39. The molecule has 0 heterocycles. The average molecular weight is 294 g/mol. The summed E-state index contributed by atoms with van der Waals surface area (Å²) in [6, 6.07) is 7.48. The van der Waals surface area contributed by atoms with Gasteiger partial charge in [-0.25, -0.2) is 4.79 Å².